The van der Waals surface area contributed by atoms with Gasteiger partial charge in [-0.2, -0.15) is 0 Å². The Bertz CT molecular complexity index is 520. The first-order chi connectivity index (χ1) is 9.47. The molecule has 0 unspecified atom stereocenters. The molecule has 0 atom stereocenters. The van der Waals surface area contributed by atoms with E-state index in [-0.39, 0.29) is 11.9 Å². The fraction of sp³-hybridized carbons (Fsp3) is 0.467. The second-order valence-corrected chi connectivity index (χ2v) is 5.27. The molecule has 5 nitrogen and oxygen atoms in total. The minimum Gasteiger partial charge on any atom is -0.478 e. The molecule has 1 aromatic rings. The Morgan fingerprint density at radius 2 is 1.95 bits per heavy atom. The highest BCUT2D eigenvalue weighted by atomic mass is 16.4. The summed E-state index contributed by atoms with van der Waals surface area (Å²) in [6, 6.07) is 5.69. The molecule has 1 aromatic carbocycles. The first-order valence-corrected chi connectivity index (χ1v) is 6.83. The number of hydrogen-bond donors (Lipinski definition) is 2. The maximum absolute atomic E-state index is 11.0. The van der Waals surface area contributed by atoms with Crippen molar-refractivity contribution in [1.82, 2.24) is 5.32 Å². The van der Waals surface area contributed by atoms with E-state index < -0.39 is 5.97 Å². The fourth-order valence-electron chi connectivity index (χ4n) is 2.65. The van der Waals surface area contributed by atoms with Crippen LogP contribution >= 0.6 is 0 Å². The number of anilines is 1. The maximum atomic E-state index is 11.0. The van der Waals surface area contributed by atoms with Crippen molar-refractivity contribution in [3.8, 4) is 0 Å². The third-order valence-corrected chi connectivity index (χ3v) is 3.71. The van der Waals surface area contributed by atoms with E-state index in [1.807, 2.05) is 19.1 Å². The third kappa shape index (κ3) is 3.29. The molecular formula is C15H20N2O3. The fourth-order valence-corrected chi connectivity index (χ4v) is 2.65. The van der Waals surface area contributed by atoms with Crippen LogP contribution in [-0.2, 0) is 4.79 Å². The summed E-state index contributed by atoms with van der Waals surface area (Å²) < 4.78 is 0. The lowest BCUT2D eigenvalue weighted by molar-refractivity contribution is -0.119. The molecule has 1 amide bonds. The van der Waals surface area contributed by atoms with Crippen LogP contribution in [-0.4, -0.2) is 36.1 Å². The van der Waals surface area contributed by atoms with Gasteiger partial charge < -0.3 is 15.3 Å². The van der Waals surface area contributed by atoms with Crippen LogP contribution in [0.5, 0.6) is 0 Å². The van der Waals surface area contributed by atoms with E-state index in [0.29, 0.717) is 5.56 Å². The van der Waals surface area contributed by atoms with Crippen molar-refractivity contribution >= 4 is 17.6 Å². The van der Waals surface area contributed by atoms with Crippen LogP contribution in [0.1, 0.15) is 35.7 Å². The van der Waals surface area contributed by atoms with E-state index in [9.17, 15) is 9.59 Å². The summed E-state index contributed by atoms with van der Waals surface area (Å²) >= 11 is 0. The molecule has 108 valence electrons. The summed E-state index contributed by atoms with van der Waals surface area (Å²) in [6.07, 6.45) is 1.83. The summed E-state index contributed by atoms with van der Waals surface area (Å²) in [7, 11) is 0. The van der Waals surface area contributed by atoms with Gasteiger partial charge in [0, 0.05) is 31.7 Å². The Hall–Kier alpha value is -2.04. The molecule has 0 aliphatic carbocycles. The highest BCUT2D eigenvalue weighted by Gasteiger charge is 2.20. The van der Waals surface area contributed by atoms with Gasteiger partial charge in [0.15, 0.2) is 0 Å². The predicted octanol–water partition coefficient (Wildman–Crippen LogP) is 1.80. The molecule has 0 saturated carbocycles. The Kier molecular flexibility index (Phi) is 4.27. The lowest BCUT2D eigenvalue weighted by Crippen LogP contribution is -2.44. The van der Waals surface area contributed by atoms with Crippen LogP contribution in [0.2, 0.25) is 0 Å². The Morgan fingerprint density at radius 3 is 2.45 bits per heavy atom. The number of amides is 1. The van der Waals surface area contributed by atoms with E-state index in [0.717, 1.165) is 37.2 Å². The lowest BCUT2D eigenvalue weighted by atomic mass is 10.0. The van der Waals surface area contributed by atoms with Gasteiger partial charge in [-0.1, -0.05) is 0 Å². The van der Waals surface area contributed by atoms with Gasteiger partial charge in [-0.15, -0.1) is 0 Å². The van der Waals surface area contributed by atoms with Crippen LogP contribution in [0.4, 0.5) is 5.69 Å². The number of carboxylic acid groups (broad SMARTS) is 1. The summed E-state index contributed by atoms with van der Waals surface area (Å²) in [6.45, 7) is 5.10. The number of piperidine rings is 1. The molecule has 0 spiro atoms. The zero-order valence-electron chi connectivity index (χ0n) is 11.8. The van der Waals surface area contributed by atoms with Crippen LogP contribution in [0.15, 0.2) is 18.2 Å². The Morgan fingerprint density at radius 1 is 1.30 bits per heavy atom. The SMILES string of the molecule is CC(=O)NC1CCN(c2ccc(C(=O)O)c(C)c2)CC1. The quantitative estimate of drug-likeness (QED) is 0.883. The van der Waals surface area contributed by atoms with Crippen molar-refractivity contribution in [3.05, 3.63) is 29.3 Å². The molecule has 5 heteroatoms. The van der Waals surface area contributed by atoms with E-state index in [2.05, 4.69) is 10.2 Å². The summed E-state index contributed by atoms with van der Waals surface area (Å²) in [5.41, 5.74) is 2.18. The zero-order chi connectivity index (χ0) is 14.7. The van der Waals surface area contributed by atoms with Crippen molar-refractivity contribution in [2.75, 3.05) is 18.0 Å². The topological polar surface area (TPSA) is 69.6 Å². The molecule has 1 fully saturated rings. The first kappa shape index (κ1) is 14.4. The van der Waals surface area contributed by atoms with E-state index in [4.69, 9.17) is 5.11 Å². The average molecular weight is 276 g/mol. The van der Waals surface area contributed by atoms with E-state index in [1.54, 1.807) is 13.0 Å². The molecule has 20 heavy (non-hydrogen) atoms. The molecule has 0 bridgehead atoms. The van der Waals surface area contributed by atoms with Crippen molar-refractivity contribution in [2.24, 2.45) is 0 Å². The van der Waals surface area contributed by atoms with Gasteiger partial charge in [0.1, 0.15) is 0 Å². The Labute approximate surface area is 118 Å². The van der Waals surface area contributed by atoms with Gasteiger partial charge in [0.05, 0.1) is 5.56 Å². The second-order valence-electron chi connectivity index (χ2n) is 5.27. The molecule has 1 aliphatic rings. The molecule has 0 radical (unpaired) electrons. The van der Waals surface area contributed by atoms with Crippen molar-refractivity contribution in [2.45, 2.75) is 32.7 Å². The van der Waals surface area contributed by atoms with Gasteiger partial charge in [0.25, 0.3) is 0 Å². The minimum absolute atomic E-state index is 0.0186. The first-order valence-electron chi connectivity index (χ1n) is 6.83. The zero-order valence-corrected chi connectivity index (χ0v) is 11.8. The van der Waals surface area contributed by atoms with E-state index in [1.165, 1.54) is 0 Å². The van der Waals surface area contributed by atoms with Gasteiger partial charge in [-0.3, -0.25) is 4.79 Å². The molecule has 1 saturated heterocycles. The van der Waals surface area contributed by atoms with E-state index >= 15 is 0 Å². The molecule has 1 heterocycles. The van der Waals surface area contributed by atoms with Gasteiger partial charge in [-0.05, 0) is 43.5 Å². The minimum atomic E-state index is -0.890. The summed E-state index contributed by atoms with van der Waals surface area (Å²) in [5, 5.41) is 12.0. The molecular weight excluding hydrogens is 256 g/mol. The number of benzene rings is 1. The molecule has 2 rings (SSSR count). The van der Waals surface area contributed by atoms with Crippen molar-refractivity contribution in [3.63, 3.8) is 0 Å². The number of carboxylic acids is 1. The van der Waals surface area contributed by atoms with Crippen molar-refractivity contribution < 1.29 is 14.7 Å². The lowest BCUT2D eigenvalue weighted by Gasteiger charge is -2.34. The smallest absolute Gasteiger partial charge is 0.335 e. The standard InChI is InChI=1S/C15H20N2O3/c1-10-9-13(3-4-14(10)15(19)20)17-7-5-12(6-8-17)16-11(2)18/h3-4,9,12H,5-8H2,1-2H3,(H,16,18)(H,19,20). The van der Waals surface area contributed by atoms with Gasteiger partial charge in [0.2, 0.25) is 5.91 Å². The van der Waals surface area contributed by atoms with Crippen molar-refractivity contribution in [1.29, 1.82) is 0 Å². The monoisotopic (exact) mass is 276 g/mol. The molecule has 2 N–H and O–H groups in total. The summed E-state index contributed by atoms with van der Waals surface area (Å²) in [5.74, 6) is -0.872. The predicted molar refractivity (Wildman–Crippen MR) is 77.2 cm³/mol. The van der Waals surface area contributed by atoms with Gasteiger partial charge >= 0.3 is 5.97 Å². The highest BCUT2D eigenvalue weighted by molar-refractivity contribution is 5.89. The van der Waals surface area contributed by atoms with Crippen LogP contribution in [0.25, 0.3) is 0 Å². The number of carbonyl (C=O) groups is 2. The average Bonchev–Trinajstić information content (AvgIpc) is 2.38. The number of nitrogens with one attached hydrogen (secondary N) is 1. The van der Waals surface area contributed by atoms with Crippen LogP contribution < -0.4 is 10.2 Å². The second kappa shape index (κ2) is 5.94. The number of aromatic carboxylic acids is 1. The normalized spacial score (nSPS) is 16.0. The number of nitrogens with zero attached hydrogens (tertiary/aromatic N) is 1. The molecule has 1 aliphatic heterocycles. The van der Waals surface area contributed by atoms with Crippen LogP contribution in [0, 0.1) is 6.92 Å². The summed E-state index contributed by atoms with van der Waals surface area (Å²) in [4.78, 5) is 24.3. The third-order valence-electron chi connectivity index (χ3n) is 3.71. The van der Waals surface area contributed by atoms with Gasteiger partial charge in [-0.25, -0.2) is 4.79 Å². The number of aryl methyl sites for hydroxylation is 1. The number of carbonyl (C=O) groups excluding carboxylic acids is 1. The number of hydrogen-bond acceptors (Lipinski definition) is 3. The maximum Gasteiger partial charge on any atom is 0.335 e. The van der Waals surface area contributed by atoms with Crippen LogP contribution in [0.3, 0.4) is 0 Å². The molecule has 0 aromatic heterocycles. The highest BCUT2D eigenvalue weighted by Crippen LogP contribution is 2.23. The number of rotatable bonds is 3. The Balaban J connectivity index is 2.02. The largest absolute Gasteiger partial charge is 0.478 e.